The number of fused-ring (bicyclic) bond motifs is 1. The highest BCUT2D eigenvalue weighted by atomic mass is 32.1. The Morgan fingerprint density at radius 1 is 0.947 bits per heavy atom. The highest BCUT2D eigenvalue weighted by molar-refractivity contribution is 7.18. The topological polar surface area (TPSA) is 49.8 Å². The number of aromatic nitrogens is 1. The molecule has 1 fully saturated rings. The van der Waals surface area contributed by atoms with Gasteiger partial charge in [-0.1, -0.05) is 6.07 Å². The summed E-state index contributed by atoms with van der Waals surface area (Å²) in [7, 11) is 1.59. The molecule has 5 nitrogen and oxygen atoms in total. The van der Waals surface area contributed by atoms with Crippen molar-refractivity contribution < 1.29 is 45.3 Å². The first-order valence-corrected chi connectivity index (χ1v) is 12.1. The van der Waals surface area contributed by atoms with Crippen LogP contribution >= 0.6 is 11.3 Å². The predicted octanol–water partition coefficient (Wildman–Crippen LogP) is 6.96. The van der Waals surface area contributed by atoms with Crippen molar-refractivity contribution in [2.75, 3.05) is 26.9 Å². The Kier molecular flexibility index (Phi) is 7.32. The normalized spacial score (nSPS) is 18.2. The van der Waals surface area contributed by atoms with Crippen molar-refractivity contribution in [1.29, 1.82) is 0 Å². The summed E-state index contributed by atoms with van der Waals surface area (Å²) in [5.74, 6) is -6.27. The zero-order valence-corrected chi connectivity index (χ0v) is 20.5. The smallest absolute Gasteiger partial charge is 0.427 e. The highest BCUT2D eigenvalue weighted by Gasteiger charge is 2.39. The third-order valence-electron chi connectivity index (χ3n) is 5.78. The van der Waals surface area contributed by atoms with Gasteiger partial charge in [-0.15, -0.1) is 11.3 Å². The van der Waals surface area contributed by atoms with Crippen LogP contribution in [0.1, 0.15) is 16.9 Å². The summed E-state index contributed by atoms with van der Waals surface area (Å²) in [6.07, 6.45) is -4.57. The molecular weight excluding hydrogens is 536 g/mol. The number of rotatable bonds is 7. The van der Waals surface area contributed by atoms with Crippen molar-refractivity contribution >= 4 is 21.6 Å². The molecule has 1 aliphatic rings. The maximum Gasteiger partial charge on any atom is 0.454 e. The fraction of sp³-hybridized carbons (Fsp3) is 0.269. The van der Waals surface area contributed by atoms with Gasteiger partial charge < -0.3 is 18.9 Å². The molecule has 200 valence electrons. The van der Waals surface area contributed by atoms with Crippen LogP contribution in [0.4, 0.5) is 26.3 Å². The van der Waals surface area contributed by atoms with E-state index in [1.807, 2.05) is 0 Å². The van der Waals surface area contributed by atoms with Crippen molar-refractivity contribution in [3.63, 3.8) is 0 Å². The standard InChI is InChI=1S/C26H19F6NO4S/c1-34-10-13-11-35-24(36-12-13)14-2-5-21-22(8-14)38-25(33-21)26(31,32)37-16-3-4-17(18(27)9-16)15-6-19(28)23(30)20(29)7-15/h2-9,13,24H,10-12H2,1H3. The van der Waals surface area contributed by atoms with Gasteiger partial charge in [0.2, 0.25) is 5.01 Å². The predicted molar refractivity (Wildman–Crippen MR) is 126 cm³/mol. The van der Waals surface area contributed by atoms with Crippen LogP contribution in [0.5, 0.6) is 5.75 Å². The van der Waals surface area contributed by atoms with Crippen LogP contribution in [-0.4, -0.2) is 31.9 Å². The quantitative estimate of drug-likeness (QED) is 0.182. The molecule has 12 heteroatoms. The lowest BCUT2D eigenvalue weighted by molar-refractivity contribution is -0.210. The molecule has 0 unspecified atom stereocenters. The monoisotopic (exact) mass is 555 g/mol. The minimum Gasteiger partial charge on any atom is -0.427 e. The molecule has 0 aliphatic carbocycles. The summed E-state index contributed by atoms with van der Waals surface area (Å²) < 4.78 is 106. The number of benzene rings is 3. The average molecular weight is 555 g/mol. The Labute approximate surface area is 216 Å². The zero-order valence-electron chi connectivity index (χ0n) is 19.7. The SMILES string of the molecule is COCC1COC(c2ccc3nc(C(F)(F)Oc4ccc(-c5cc(F)c(F)c(F)c5)c(F)c4)sc3c2)OC1. The summed E-state index contributed by atoms with van der Waals surface area (Å²) in [5, 5.41) is -0.664. The summed E-state index contributed by atoms with van der Waals surface area (Å²) in [5.41, 5.74) is 0.303. The van der Waals surface area contributed by atoms with Gasteiger partial charge in [-0.25, -0.2) is 22.5 Å². The van der Waals surface area contributed by atoms with Crippen molar-refractivity contribution in [2.24, 2.45) is 5.92 Å². The van der Waals surface area contributed by atoms with Crippen LogP contribution in [0.3, 0.4) is 0 Å². The van der Waals surface area contributed by atoms with Gasteiger partial charge in [-0.3, -0.25) is 0 Å². The van der Waals surface area contributed by atoms with Crippen molar-refractivity contribution in [3.8, 4) is 16.9 Å². The molecular formula is C26H19F6NO4S. The Morgan fingerprint density at radius 2 is 1.66 bits per heavy atom. The lowest BCUT2D eigenvalue weighted by Crippen LogP contribution is -2.29. The third-order valence-corrected chi connectivity index (χ3v) is 6.85. The summed E-state index contributed by atoms with van der Waals surface area (Å²) >= 11 is 0.689. The number of nitrogens with zero attached hydrogens (tertiary/aromatic N) is 1. The van der Waals surface area contributed by atoms with E-state index in [-0.39, 0.29) is 17.0 Å². The molecule has 0 saturated carbocycles. The van der Waals surface area contributed by atoms with E-state index in [2.05, 4.69) is 4.98 Å². The minimum atomic E-state index is -3.92. The van der Waals surface area contributed by atoms with E-state index in [0.29, 0.717) is 65.1 Å². The van der Waals surface area contributed by atoms with Crippen LogP contribution in [0.2, 0.25) is 0 Å². The fourth-order valence-corrected chi connectivity index (χ4v) is 4.90. The summed E-state index contributed by atoms with van der Waals surface area (Å²) in [6, 6.07) is 8.72. The molecule has 38 heavy (non-hydrogen) atoms. The second-order valence-corrected chi connectivity index (χ2v) is 9.61. The molecule has 4 aromatic rings. The molecule has 5 rings (SSSR count). The minimum absolute atomic E-state index is 0.0998. The van der Waals surface area contributed by atoms with E-state index >= 15 is 0 Å². The van der Waals surface area contributed by atoms with Gasteiger partial charge in [0.15, 0.2) is 23.7 Å². The lowest BCUT2D eigenvalue weighted by atomic mass is 10.0. The molecule has 0 bridgehead atoms. The Balaban J connectivity index is 1.33. The number of hydrogen-bond donors (Lipinski definition) is 0. The summed E-state index contributed by atoms with van der Waals surface area (Å²) in [4.78, 5) is 3.95. The maximum atomic E-state index is 15.0. The molecule has 1 aliphatic heterocycles. The molecule has 0 amide bonds. The number of alkyl halides is 2. The number of thiazole rings is 1. The number of halogens is 6. The van der Waals surface area contributed by atoms with Gasteiger partial charge in [0.25, 0.3) is 0 Å². The Morgan fingerprint density at radius 3 is 2.32 bits per heavy atom. The van der Waals surface area contributed by atoms with E-state index in [0.717, 1.165) is 12.1 Å². The van der Waals surface area contributed by atoms with Crippen LogP contribution in [0, 0.1) is 29.2 Å². The Hall–Kier alpha value is -3.19. The van der Waals surface area contributed by atoms with Crippen molar-refractivity contribution in [1.82, 2.24) is 4.98 Å². The molecule has 1 saturated heterocycles. The van der Waals surface area contributed by atoms with Gasteiger partial charge >= 0.3 is 6.11 Å². The van der Waals surface area contributed by atoms with E-state index < -0.39 is 46.4 Å². The Bertz CT molecular complexity index is 1450. The largest absolute Gasteiger partial charge is 0.454 e. The van der Waals surface area contributed by atoms with E-state index in [9.17, 15) is 26.3 Å². The zero-order chi connectivity index (χ0) is 27.0. The molecule has 0 spiro atoms. The van der Waals surface area contributed by atoms with Crippen LogP contribution < -0.4 is 4.74 Å². The van der Waals surface area contributed by atoms with E-state index in [1.54, 1.807) is 25.3 Å². The number of ether oxygens (including phenoxy) is 4. The van der Waals surface area contributed by atoms with Crippen LogP contribution in [0.25, 0.3) is 21.3 Å². The molecule has 0 radical (unpaired) electrons. The molecule has 0 atom stereocenters. The molecule has 1 aromatic heterocycles. The first-order valence-electron chi connectivity index (χ1n) is 11.3. The van der Waals surface area contributed by atoms with Gasteiger partial charge in [-0.2, -0.15) is 8.78 Å². The van der Waals surface area contributed by atoms with Crippen molar-refractivity contribution in [3.05, 3.63) is 82.4 Å². The first kappa shape index (κ1) is 26.4. The average Bonchev–Trinajstić information content (AvgIpc) is 3.32. The van der Waals surface area contributed by atoms with Gasteiger partial charge in [0.1, 0.15) is 11.6 Å². The third kappa shape index (κ3) is 5.35. The van der Waals surface area contributed by atoms with Gasteiger partial charge in [-0.05, 0) is 42.0 Å². The second kappa shape index (κ2) is 10.5. The van der Waals surface area contributed by atoms with Crippen LogP contribution in [0.15, 0.2) is 48.5 Å². The first-order chi connectivity index (χ1) is 18.1. The molecule has 2 heterocycles. The second-order valence-electron chi connectivity index (χ2n) is 8.58. The highest BCUT2D eigenvalue weighted by Crippen LogP contribution is 2.39. The fourth-order valence-electron chi connectivity index (χ4n) is 3.98. The number of methoxy groups -OCH3 is 1. The van der Waals surface area contributed by atoms with E-state index in [1.165, 1.54) is 0 Å². The molecule has 0 N–H and O–H groups in total. The van der Waals surface area contributed by atoms with E-state index in [4.69, 9.17) is 18.9 Å². The van der Waals surface area contributed by atoms with Gasteiger partial charge in [0, 0.05) is 30.2 Å². The number of hydrogen-bond acceptors (Lipinski definition) is 6. The summed E-state index contributed by atoms with van der Waals surface area (Å²) in [6.45, 7) is 1.35. The van der Waals surface area contributed by atoms with Gasteiger partial charge in [0.05, 0.1) is 30.0 Å². The lowest BCUT2D eigenvalue weighted by Gasteiger charge is -2.29. The maximum absolute atomic E-state index is 15.0. The van der Waals surface area contributed by atoms with Crippen molar-refractivity contribution in [2.45, 2.75) is 12.4 Å². The molecule has 3 aromatic carbocycles. The van der Waals surface area contributed by atoms with Crippen LogP contribution in [-0.2, 0) is 20.3 Å².